The molecular formula is C19H26N4O3. The number of rotatable bonds is 9. The third-order valence-corrected chi connectivity index (χ3v) is 3.77. The van der Waals surface area contributed by atoms with Gasteiger partial charge in [0.2, 0.25) is 5.95 Å². The molecule has 0 saturated heterocycles. The predicted octanol–water partition coefficient (Wildman–Crippen LogP) is 2.60. The zero-order chi connectivity index (χ0) is 18.9. The number of hydrogen-bond acceptors (Lipinski definition) is 6. The van der Waals surface area contributed by atoms with Gasteiger partial charge in [-0.3, -0.25) is 4.79 Å². The first-order valence-electron chi connectivity index (χ1n) is 8.66. The van der Waals surface area contributed by atoms with Gasteiger partial charge in [-0.05, 0) is 43.5 Å². The molecule has 1 amide bonds. The van der Waals surface area contributed by atoms with Gasteiger partial charge in [0.1, 0.15) is 5.69 Å². The van der Waals surface area contributed by atoms with Crippen LogP contribution < -0.4 is 20.1 Å². The second-order valence-electron chi connectivity index (χ2n) is 5.84. The molecule has 1 aromatic heterocycles. The van der Waals surface area contributed by atoms with Gasteiger partial charge in [-0.25, -0.2) is 9.97 Å². The Kier molecular flexibility index (Phi) is 7.20. The van der Waals surface area contributed by atoms with Crippen LogP contribution in [-0.4, -0.2) is 43.2 Å². The first-order chi connectivity index (χ1) is 12.6. The summed E-state index contributed by atoms with van der Waals surface area (Å²) in [5.74, 6) is 1.63. The number of nitrogens with zero attached hydrogens (tertiary/aromatic N) is 2. The lowest BCUT2D eigenvalue weighted by Gasteiger charge is -2.10. The summed E-state index contributed by atoms with van der Waals surface area (Å²) in [5.41, 5.74) is 2.17. The fraction of sp³-hybridized carbons (Fsp3) is 0.421. The van der Waals surface area contributed by atoms with Crippen LogP contribution in [-0.2, 0) is 6.42 Å². The van der Waals surface area contributed by atoms with Gasteiger partial charge in [0.25, 0.3) is 5.91 Å². The normalized spacial score (nSPS) is 10.3. The molecule has 0 atom stereocenters. The van der Waals surface area contributed by atoms with E-state index in [0.717, 1.165) is 24.2 Å². The van der Waals surface area contributed by atoms with Crippen LogP contribution in [0.15, 0.2) is 24.3 Å². The smallest absolute Gasteiger partial charge is 0.270 e. The van der Waals surface area contributed by atoms with Crippen LogP contribution in [0.4, 0.5) is 5.95 Å². The molecule has 0 fully saturated rings. The monoisotopic (exact) mass is 358 g/mol. The van der Waals surface area contributed by atoms with Crippen molar-refractivity contribution in [3.8, 4) is 11.5 Å². The molecule has 26 heavy (non-hydrogen) atoms. The molecule has 2 aromatic rings. The Morgan fingerprint density at radius 3 is 2.54 bits per heavy atom. The maximum absolute atomic E-state index is 12.4. The van der Waals surface area contributed by atoms with Crippen LogP contribution in [0.1, 0.15) is 35.1 Å². The predicted molar refractivity (Wildman–Crippen MR) is 101 cm³/mol. The molecular weight excluding hydrogens is 332 g/mol. The summed E-state index contributed by atoms with van der Waals surface area (Å²) in [4.78, 5) is 20.9. The van der Waals surface area contributed by atoms with Crippen LogP contribution in [0, 0.1) is 6.92 Å². The van der Waals surface area contributed by atoms with E-state index in [9.17, 15) is 4.79 Å². The number of methoxy groups -OCH3 is 2. The highest BCUT2D eigenvalue weighted by molar-refractivity contribution is 5.92. The van der Waals surface area contributed by atoms with Gasteiger partial charge in [-0.2, -0.15) is 0 Å². The highest BCUT2D eigenvalue weighted by atomic mass is 16.5. The van der Waals surface area contributed by atoms with Crippen LogP contribution in [0.25, 0.3) is 0 Å². The Balaban J connectivity index is 1.95. The minimum atomic E-state index is -0.212. The summed E-state index contributed by atoms with van der Waals surface area (Å²) in [7, 11) is 3.20. The van der Waals surface area contributed by atoms with Crippen LogP contribution in [0.5, 0.6) is 11.5 Å². The number of carbonyl (C=O) groups is 1. The van der Waals surface area contributed by atoms with Gasteiger partial charge in [0, 0.05) is 18.8 Å². The molecule has 7 nitrogen and oxygen atoms in total. The Morgan fingerprint density at radius 1 is 1.08 bits per heavy atom. The van der Waals surface area contributed by atoms with Gasteiger partial charge in [0.05, 0.1) is 14.2 Å². The van der Waals surface area contributed by atoms with Gasteiger partial charge in [-0.15, -0.1) is 0 Å². The lowest BCUT2D eigenvalue weighted by molar-refractivity contribution is 0.0949. The SMILES string of the molecule is CCCNc1nc(C)cc(C(=O)NCCc2ccc(OC)c(OC)c2)n1. The molecule has 2 N–H and O–H groups in total. The molecule has 0 saturated carbocycles. The van der Waals surface area contributed by atoms with Crippen molar-refractivity contribution in [2.75, 3.05) is 32.6 Å². The van der Waals surface area contributed by atoms with Crippen molar-refractivity contribution >= 4 is 11.9 Å². The first-order valence-corrected chi connectivity index (χ1v) is 8.66. The van der Waals surface area contributed by atoms with Crippen molar-refractivity contribution in [1.29, 1.82) is 0 Å². The van der Waals surface area contributed by atoms with E-state index < -0.39 is 0 Å². The Bertz CT molecular complexity index is 750. The molecule has 0 aliphatic heterocycles. The van der Waals surface area contributed by atoms with Gasteiger partial charge < -0.3 is 20.1 Å². The summed E-state index contributed by atoms with van der Waals surface area (Å²) in [6, 6.07) is 7.40. The zero-order valence-electron chi connectivity index (χ0n) is 15.8. The van der Waals surface area contributed by atoms with E-state index in [2.05, 4.69) is 27.5 Å². The number of aromatic nitrogens is 2. The van der Waals surface area contributed by atoms with E-state index in [-0.39, 0.29) is 5.91 Å². The standard InChI is InChI=1S/C19H26N4O3/c1-5-9-21-19-22-13(2)11-15(23-19)18(24)20-10-8-14-6-7-16(25-3)17(12-14)26-4/h6-7,11-12H,5,8-10H2,1-4H3,(H,20,24)(H,21,22,23). The number of anilines is 1. The van der Waals surface area contributed by atoms with Gasteiger partial charge in [-0.1, -0.05) is 13.0 Å². The van der Waals surface area contributed by atoms with Crippen LogP contribution in [0.2, 0.25) is 0 Å². The number of benzene rings is 1. The van der Waals surface area contributed by atoms with Crippen molar-refractivity contribution in [2.45, 2.75) is 26.7 Å². The molecule has 7 heteroatoms. The molecule has 2 rings (SSSR count). The van der Waals surface area contributed by atoms with Crippen molar-refractivity contribution in [1.82, 2.24) is 15.3 Å². The first kappa shape index (κ1) is 19.5. The number of amides is 1. The number of hydrogen-bond donors (Lipinski definition) is 2. The van der Waals surface area contributed by atoms with Crippen LogP contribution in [0.3, 0.4) is 0 Å². The quantitative estimate of drug-likeness (QED) is 0.717. The molecule has 0 bridgehead atoms. The fourth-order valence-electron chi connectivity index (χ4n) is 2.45. The maximum Gasteiger partial charge on any atom is 0.270 e. The van der Waals surface area contributed by atoms with E-state index in [1.54, 1.807) is 20.3 Å². The summed E-state index contributed by atoms with van der Waals surface area (Å²) in [6.45, 7) is 5.17. The average Bonchev–Trinajstić information content (AvgIpc) is 2.65. The highest BCUT2D eigenvalue weighted by Crippen LogP contribution is 2.27. The summed E-state index contributed by atoms with van der Waals surface area (Å²) < 4.78 is 10.5. The fourth-order valence-corrected chi connectivity index (χ4v) is 2.45. The van der Waals surface area contributed by atoms with E-state index in [0.29, 0.717) is 36.1 Å². The third kappa shape index (κ3) is 5.34. The molecule has 0 unspecified atom stereocenters. The zero-order valence-corrected chi connectivity index (χ0v) is 15.8. The van der Waals surface area contributed by atoms with Gasteiger partial charge >= 0.3 is 0 Å². The van der Waals surface area contributed by atoms with E-state index in [4.69, 9.17) is 9.47 Å². The average molecular weight is 358 g/mol. The Hall–Kier alpha value is -2.83. The molecule has 0 radical (unpaired) electrons. The van der Waals surface area contributed by atoms with E-state index in [1.165, 1.54) is 0 Å². The summed E-state index contributed by atoms with van der Waals surface area (Å²) in [5, 5.41) is 6.00. The molecule has 1 aromatic carbocycles. The number of nitrogens with one attached hydrogen (secondary N) is 2. The van der Waals surface area contributed by atoms with Gasteiger partial charge in [0.15, 0.2) is 11.5 Å². The van der Waals surface area contributed by atoms with Crippen molar-refractivity contribution < 1.29 is 14.3 Å². The lowest BCUT2D eigenvalue weighted by atomic mass is 10.1. The maximum atomic E-state index is 12.4. The molecule has 0 aliphatic carbocycles. The number of carbonyl (C=O) groups excluding carboxylic acids is 1. The second kappa shape index (κ2) is 9.60. The second-order valence-corrected chi connectivity index (χ2v) is 5.84. The Labute approximate surface area is 154 Å². The minimum absolute atomic E-state index is 0.212. The van der Waals surface area contributed by atoms with Crippen LogP contribution >= 0.6 is 0 Å². The molecule has 0 spiro atoms. The molecule has 1 heterocycles. The topological polar surface area (TPSA) is 85.4 Å². The molecule has 0 aliphatic rings. The number of aryl methyl sites for hydroxylation is 1. The number of ether oxygens (including phenoxy) is 2. The summed E-state index contributed by atoms with van der Waals surface area (Å²) >= 11 is 0. The van der Waals surface area contributed by atoms with Crippen molar-refractivity contribution in [2.24, 2.45) is 0 Å². The summed E-state index contributed by atoms with van der Waals surface area (Å²) in [6.07, 6.45) is 1.64. The largest absolute Gasteiger partial charge is 0.493 e. The lowest BCUT2D eigenvalue weighted by Crippen LogP contribution is -2.27. The molecule has 140 valence electrons. The van der Waals surface area contributed by atoms with E-state index >= 15 is 0 Å². The Morgan fingerprint density at radius 2 is 1.85 bits per heavy atom. The van der Waals surface area contributed by atoms with Crippen molar-refractivity contribution in [3.05, 3.63) is 41.2 Å². The highest BCUT2D eigenvalue weighted by Gasteiger charge is 2.11. The minimum Gasteiger partial charge on any atom is -0.493 e. The van der Waals surface area contributed by atoms with E-state index in [1.807, 2.05) is 25.1 Å². The third-order valence-electron chi connectivity index (χ3n) is 3.77. The van der Waals surface area contributed by atoms with Crippen molar-refractivity contribution in [3.63, 3.8) is 0 Å².